The number of carbonyl (C=O) groups is 2. The van der Waals surface area contributed by atoms with Crippen LogP contribution < -0.4 is 0 Å². The average Bonchev–Trinajstić information content (AvgIpc) is 3.05. The van der Waals surface area contributed by atoms with Gasteiger partial charge in [0.1, 0.15) is 0 Å². The standard InChI is InChI=1S/C24H28O7/c1-17(25)29-23-21(15-27-13-19-9-5-3-6-10-19)22(31-24(23)30-18(2)26)16-28-14-20-11-7-4-8-12-20/h3-12,21-24H,13-16H2,1-2H3/t21-,22-,23-,24?/m1/s1. The fraction of sp³-hybridized carbons (Fsp3) is 0.417. The van der Waals surface area contributed by atoms with Gasteiger partial charge in [0.2, 0.25) is 6.29 Å². The summed E-state index contributed by atoms with van der Waals surface area (Å²) < 4.78 is 28.4. The fourth-order valence-corrected chi connectivity index (χ4v) is 3.48. The van der Waals surface area contributed by atoms with E-state index in [-0.39, 0.29) is 19.1 Å². The van der Waals surface area contributed by atoms with Crippen LogP contribution in [-0.4, -0.2) is 43.7 Å². The first-order valence-corrected chi connectivity index (χ1v) is 10.3. The highest BCUT2D eigenvalue weighted by molar-refractivity contribution is 5.67. The Hall–Kier alpha value is -2.74. The molecule has 0 saturated carbocycles. The summed E-state index contributed by atoms with van der Waals surface area (Å²) in [6.45, 7) is 3.91. The summed E-state index contributed by atoms with van der Waals surface area (Å²) in [6.07, 6.45) is -2.24. The Bertz CT molecular complexity index is 824. The van der Waals surface area contributed by atoms with Crippen LogP contribution in [0.25, 0.3) is 0 Å². The van der Waals surface area contributed by atoms with E-state index in [1.54, 1.807) is 0 Å². The first kappa shape index (κ1) is 22.9. The zero-order valence-electron chi connectivity index (χ0n) is 17.8. The molecule has 1 heterocycles. The van der Waals surface area contributed by atoms with E-state index in [1.807, 2.05) is 60.7 Å². The summed E-state index contributed by atoms with van der Waals surface area (Å²) in [5.41, 5.74) is 2.06. The van der Waals surface area contributed by atoms with Crippen LogP contribution in [-0.2, 0) is 46.5 Å². The Labute approximate surface area is 182 Å². The second kappa shape index (κ2) is 11.6. The zero-order chi connectivity index (χ0) is 22.1. The van der Waals surface area contributed by atoms with Gasteiger partial charge in [0.05, 0.1) is 38.4 Å². The molecule has 3 rings (SSSR count). The minimum Gasteiger partial charge on any atom is -0.455 e. The number of rotatable bonds is 10. The quantitative estimate of drug-likeness (QED) is 0.538. The Morgan fingerprint density at radius 2 is 1.29 bits per heavy atom. The second-order valence-corrected chi connectivity index (χ2v) is 7.39. The second-order valence-electron chi connectivity index (χ2n) is 7.39. The van der Waals surface area contributed by atoms with Gasteiger partial charge < -0.3 is 23.7 Å². The van der Waals surface area contributed by atoms with Gasteiger partial charge in [0.15, 0.2) is 6.10 Å². The van der Waals surface area contributed by atoms with Crippen molar-refractivity contribution in [2.75, 3.05) is 13.2 Å². The molecular weight excluding hydrogens is 400 g/mol. The highest BCUT2D eigenvalue weighted by atomic mass is 16.7. The highest BCUT2D eigenvalue weighted by Gasteiger charge is 2.48. The number of hydrogen-bond donors (Lipinski definition) is 0. The van der Waals surface area contributed by atoms with E-state index in [0.29, 0.717) is 13.2 Å². The number of hydrogen-bond acceptors (Lipinski definition) is 7. The van der Waals surface area contributed by atoms with E-state index < -0.39 is 30.4 Å². The minimum atomic E-state index is -1.00. The van der Waals surface area contributed by atoms with E-state index in [2.05, 4.69) is 0 Å². The molecule has 1 fully saturated rings. The molecular formula is C24H28O7. The molecule has 2 aromatic carbocycles. The smallest absolute Gasteiger partial charge is 0.305 e. The predicted octanol–water partition coefficient (Wildman–Crippen LogP) is 3.26. The van der Waals surface area contributed by atoms with Gasteiger partial charge in [-0.25, -0.2) is 0 Å². The number of ether oxygens (including phenoxy) is 5. The van der Waals surface area contributed by atoms with Gasteiger partial charge >= 0.3 is 11.9 Å². The molecule has 166 valence electrons. The van der Waals surface area contributed by atoms with E-state index in [1.165, 1.54) is 13.8 Å². The molecule has 0 spiro atoms. The lowest BCUT2D eigenvalue weighted by atomic mass is 9.99. The molecule has 7 heteroatoms. The average molecular weight is 428 g/mol. The summed E-state index contributed by atoms with van der Waals surface area (Å²) in [6, 6.07) is 19.5. The molecule has 0 aliphatic carbocycles. The number of esters is 2. The monoisotopic (exact) mass is 428 g/mol. The van der Waals surface area contributed by atoms with Gasteiger partial charge in [-0.15, -0.1) is 0 Å². The lowest BCUT2D eigenvalue weighted by molar-refractivity contribution is -0.196. The number of benzene rings is 2. The van der Waals surface area contributed by atoms with Crippen LogP contribution in [0.2, 0.25) is 0 Å². The highest BCUT2D eigenvalue weighted by Crippen LogP contribution is 2.32. The molecule has 1 aliphatic rings. The maximum absolute atomic E-state index is 11.7. The number of carbonyl (C=O) groups excluding carboxylic acids is 2. The van der Waals surface area contributed by atoms with Gasteiger partial charge in [-0.05, 0) is 11.1 Å². The van der Waals surface area contributed by atoms with Crippen molar-refractivity contribution in [1.29, 1.82) is 0 Å². The van der Waals surface area contributed by atoms with Crippen LogP contribution in [0.1, 0.15) is 25.0 Å². The molecule has 1 unspecified atom stereocenters. The van der Waals surface area contributed by atoms with E-state index in [4.69, 9.17) is 23.7 Å². The van der Waals surface area contributed by atoms with E-state index >= 15 is 0 Å². The van der Waals surface area contributed by atoms with Gasteiger partial charge in [-0.2, -0.15) is 0 Å². The third kappa shape index (κ3) is 7.17. The third-order valence-corrected chi connectivity index (χ3v) is 4.88. The molecule has 1 saturated heterocycles. The van der Waals surface area contributed by atoms with Crippen molar-refractivity contribution in [3.8, 4) is 0 Å². The van der Waals surface area contributed by atoms with Crippen LogP contribution in [0.15, 0.2) is 60.7 Å². The lowest BCUT2D eigenvalue weighted by Gasteiger charge is -2.23. The van der Waals surface area contributed by atoms with Gasteiger partial charge in [0.25, 0.3) is 0 Å². The summed E-state index contributed by atoms with van der Waals surface area (Å²) in [5, 5.41) is 0. The predicted molar refractivity (Wildman–Crippen MR) is 112 cm³/mol. The van der Waals surface area contributed by atoms with Crippen molar-refractivity contribution in [1.82, 2.24) is 0 Å². The van der Waals surface area contributed by atoms with Crippen LogP contribution >= 0.6 is 0 Å². The van der Waals surface area contributed by atoms with Crippen LogP contribution in [0.4, 0.5) is 0 Å². The molecule has 0 N–H and O–H groups in total. The molecule has 2 aromatic rings. The molecule has 31 heavy (non-hydrogen) atoms. The van der Waals surface area contributed by atoms with Gasteiger partial charge in [0, 0.05) is 13.8 Å². The maximum Gasteiger partial charge on any atom is 0.305 e. The zero-order valence-corrected chi connectivity index (χ0v) is 17.8. The van der Waals surface area contributed by atoms with E-state index in [0.717, 1.165) is 11.1 Å². The first-order chi connectivity index (χ1) is 15.0. The Morgan fingerprint density at radius 3 is 1.81 bits per heavy atom. The first-order valence-electron chi connectivity index (χ1n) is 10.3. The van der Waals surface area contributed by atoms with Gasteiger partial charge in [-0.3, -0.25) is 9.59 Å². The van der Waals surface area contributed by atoms with Crippen molar-refractivity contribution < 1.29 is 33.3 Å². The largest absolute Gasteiger partial charge is 0.455 e. The Kier molecular flexibility index (Phi) is 8.58. The molecule has 0 bridgehead atoms. The minimum absolute atomic E-state index is 0.240. The SMILES string of the molecule is CC(=O)OC1O[C@H](COCc2ccccc2)[C@@H](COCc2ccccc2)[C@H]1OC(C)=O. The summed E-state index contributed by atoms with van der Waals surface area (Å²) >= 11 is 0. The summed E-state index contributed by atoms with van der Waals surface area (Å²) in [7, 11) is 0. The van der Waals surface area contributed by atoms with Crippen LogP contribution in [0.5, 0.6) is 0 Å². The molecule has 7 nitrogen and oxygen atoms in total. The molecule has 0 radical (unpaired) electrons. The fourth-order valence-electron chi connectivity index (χ4n) is 3.48. The topological polar surface area (TPSA) is 80.3 Å². The molecule has 0 aromatic heterocycles. The van der Waals surface area contributed by atoms with Crippen LogP contribution in [0.3, 0.4) is 0 Å². The molecule has 0 amide bonds. The lowest BCUT2D eigenvalue weighted by Crippen LogP contribution is -2.37. The van der Waals surface area contributed by atoms with Gasteiger partial charge in [-0.1, -0.05) is 60.7 Å². The summed E-state index contributed by atoms with van der Waals surface area (Å²) in [5.74, 6) is -1.35. The summed E-state index contributed by atoms with van der Waals surface area (Å²) in [4.78, 5) is 23.2. The van der Waals surface area contributed by atoms with E-state index in [9.17, 15) is 9.59 Å². The molecule has 1 aliphatic heterocycles. The normalized spacial score (nSPS) is 22.8. The Morgan fingerprint density at radius 1 is 0.774 bits per heavy atom. The van der Waals surface area contributed by atoms with Crippen molar-refractivity contribution >= 4 is 11.9 Å². The van der Waals surface area contributed by atoms with Crippen molar-refractivity contribution in [2.45, 2.75) is 45.6 Å². The molecule has 4 atom stereocenters. The third-order valence-electron chi connectivity index (χ3n) is 4.88. The van der Waals surface area contributed by atoms with Crippen LogP contribution in [0, 0.1) is 5.92 Å². The van der Waals surface area contributed by atoms with Crippen molar-refractivity contribution in [2.24, 2.45) is 5.92 Å². The maximum atomic E-state index is 11.7. The Balaban J connectivity index is 1.65. The van der Waals surface area contributed by atoms with Crippen molar-refractivity contribution in [3.63, 3.8) is 0 Å². The van der Waals surface area contributed by atoms with Crippen molar-refractivity contribution in [3.05, 3.63) is 71.8 Å².